The van der Waals surface area contributed by atoms with Crippen LogP contribution in [0.4, 0.5) is 5.69 Å². The Bertz CT molecular complexity index is 806. The largest absolute Gasteiger partial charge is 0.489 e. The van der Waals surface area contributed by atoms with E-state index in [0.29, 0.717) is 37.6 Å². The zero-order valence-electron chi connectivity index (χ0n) is 16.1. The number of fused-ring (bicyclic) bond motifs is 1. The molecule has 8 nitrogen and oxygen atoms in total. The van der Waals surface area contributed by atoms with Crippen molar-refractivity contribution in [2.45, 2.75) is 19.0 Å². The molecule has 0 bridgehead atoms. The molecular formula is C20H25N3O5. The Labute approximate surface area is 163 Å². The summed E-state index contributed by atoms with van der Waals surface area (Å²) in [6.45, 7) is 1.73. The van der Waals surface area contributed by atoms with Gasteiger partial charge in [0.1, 0.15) is 12.4 Å². The van der Waals surface area contributed by atoms with Crippen molar-refractivity contribution in [3.05, 3.63) is 47.9 Å². The molecule has 28 heavy (non-hydrogen) atoms. The van der Waals surface area contributed by atoms with Crippen LogP contribution in [0.2, 0.25) is 0 Å². The summed E-state index contributed by atoms with van der Waals surface area (Å²) < 4.78 is 15.7. The van der Waals surface area contributed by atoms with Crippen LogP contribution in [-0.4, -0.2) is 51.8 Å². The number of amides is 2. The average molecular weight is 387 g/mol. The van der Waals surface area contributed by atoms with Crippen molar-refractivity contribution in [3.8, 4) is 5.75 Å². The number of carbonyl (C=O) groups excluding carboxylic acids is 2. The molecule has 150 valence electrons. The summed E-state index contributed by atoms with van der Waals surface area (Å²) in [5.74, 6) is 0.456. The van der Waals surface area contributed by atoms with Gasteiger partial charge in [0.05, 0.1) is 37.3 Å². The SMILES string of the molecule is COCCNC(=O)c1ccc2c(c1)N(C)[C@@H](CC(=O)NCc1ccoc1)CO2. The van der Waals surface area contributed by atoms with Crippen LogP contribution in [0.5, 0.6) is 5.75 Å². The number of likely N-dealkylation sites (N-methyl/N-ethyl adjacent to an activating group) is 1. The van der Waals surface area contributed by atoms with E-state index in [0.717, 1.165) is 11.3 Å². The lowest BCUT2D eigenvalue weighted by Crippen LogP contribution is -2.43. The van der Waals surface area contributed by atoms with Gasteiger partial charge < -0.3 is 29.4 Å². The van der Waals surface area contributed by atoms with Crippen molar-refractivity contribution in [3.63, 3.8) is 0 Å². The molecule has 0 radical (unpaired) electrons. The molecule has 0 saturated heterocycles. The number of rotatable bonds is 8. The summed E-state index contributed by atoms with van der Waals surface area (Å²) in [5, 5.41) is 5.68. The molecule has 1 aromatic carbocycles. The number of anilines is 1. The Morgan fingerprint density at radius 1 is 1.29 bits per heavy atom. The van der Waals surface area contributed by atoms with Crippen molar-refractivity contribution >= 4 is 17.5 Å². The molecule has 8 heteroatoms. The number of methoxy groups -OCH3 is 1. The van der Waals surface area contributed by atoms with Crippen LogP contribution in [0.1, 0.15) is 22.3 Å². The third-order valence-electron chi connectivity index (χ3n) is 4.66. The van der Waals surface area contributed by atoms with E-state index in [1.54, 1.807) is 37.8 Å². The fraction of sp³-hybridized carbons (Fsp3) is 0.400. The van der Waals surface area contributed by atoms with Crippen LogP contribution in [-0.2, 0) is 16.1 Å². The van der Waals surface area contributed by atoms with Gasteiger partial charge in [0.15, 0.2) is 0 Å². The standard InChI is InChI=1S/C20H25N3O5/c1-23-16(10-19(24)22-11-14-5-7-27-12-14)13-28-18-4-3-15(9-17(18)23)20(25)21-6-8-26-2/h3-5,7,9,12,16H,6,8,10-11,13H2,1-2H3,(H,21,25)(H,22,24)/t16-/m0/s1. The molecule has 0 aliphatic carbocycles. The van der Waals surface area contributed by atoms with Crippen LogP contribution in [0.3, 0.4) is 0 Å². The van der Waals surface area contributed by atoms with Crippen molar-refractivity contribution in [1.82, 2.24) is 10.6 Å². The Hall–Kier alpha value is -3.00. The second-order valence-corrected chi connectivity index (χ2v) is 6.62. The molecule has 2 N–H and O–H groups in total. The summed E-state index contributed by atoms with van der Waals surface area (Å²) >= 11 is 0. The first-order chi connectivity index (χ1) is 13.6. The predicted molar refractivity (Wildman–Crippen MR) is 104 cm³/mol. The minimum absolute atomic E-state index is 0.0708. The highest BCUT2D eigenvalue weighted by Crippen LogP contribution is 2.34. The van der Waals surface area contributed by atoms with Gasteiger partial charge in [0.25, 0.3) is 5.91 Å². The third kappa shape index (κ3) is 4.83. The highest BCUT2D eigenvalue weighted by Gasteiger charge is 2.27. The van der Waals surface area contributed by atoms with E-state index >= 15 is 0 Å². The van der Waals surface area contributed by atoms with Gasteiger partial charge in [-0.2, -0.15) is 0 Å². The molecule has 0 unspecified atom stereocenters. The van der Waals surface area contributed by atoms with Gasteiger partial charge in [-0.05, 0) is 24.3 Å². The number of hydrogen-bond acceptors (Lipinski definition) is 6. The first-order valence-electron chi connectivity index (χ1n) is 9.13. The first-order valence-corrected chi connectivity index (χ1v) is 9.13. The van der Waals surface area contributed by atoms with Crippen LogP contribution in [0.25, 0.3) is 0 Å². The van der Waals surface area contributed by atoms with E-state index in [9.17, 15) is 9.59 Å². The van der Waals surface area contributed by atoms with Crippen LogP contribution in [0, 0.1) is 0 Å². The summed E-state index contributed by atoms with van der Waals surface area (Å²) in [4.78, 5) is 26.5. The molecule has 1 aromatic heterocycles. The molecule has 1 aliphatic heterocycles. The summed E-state index contributed by atoms with van der Waals surface area (Å²) in [6, 6.07) is 6.99. The van der Waals surface area contributed by atoms with E-state index in [1.165, 1.54) is 0 Å². The van der Waals surface area contributed by atoms with Crippen LogP contribution in [0.15, 0.2) is 41.2 Å². The summed E-state index contributed by atoms with van der Waals surface area (Å²) in [6.07, 6.45) is 3.47. The van der Waals surface area contributed by atoms with Gasteiger partial charge in [-0.3, -0.25) is 9.59 Å². The summed E-state index contributed by atoms with van der Waals surface area (Å²) in [5.41, 5.74) is 2.24. The highest BCUT2D eigenvalue weighted by atomic mass is 16.5. The van der Waals surface area contributed by atoms with Crippen molar-refractivity contribution in [2.75, 3.05) is 38.8 Å². The molecule has 3 rings (SSSR count). The van der Waals surface area contributed by atoms with Gasteiger partial charge in [0, 0.05) is 38.4 Å². The molecule has 1 atom stereocenters. The maximum Gasteiger partial charge on any atom is 0.251 e. The monoisotopic (exact) mass is 387 g/mol. The number of nitrogens with one attached hydrogen (secondary N) is 2. The van der Waals surface area contributed by atoms with Gasteiger partial charge in [0.2, 0.25) is 5.91 Å². The Morgan fingerprint density at radius 3 is 2.89 bits per heavy atom. The zero-order valence-corrected chi connectivity index (χ0v) is 16.1. The lowest BCUT2D eigenvalue weighted by molar-refractivity contribution is -0.121. The van der Waals surface area contributed by atoms with Crippen LogP contribution >= 0.6 is 0 Å². The van der Waals surface area contributed by atoms with E-state index in [1.807, 2.05) is 18.0 Å². The average Bonchev–Trinajstić information content (AvgIpc) is 3.22. The third-order valence-corrected chi connectivity index (χ3v) is 4.66. The number of carbonyl (C=O) groups is 2. The number of nitrogens with zero attached hydrogens (tertiary/aromatic N) is 1. The fourth-order valence-electron chi connectivity index (χ4n) is 3.00. The maximum absolute atomic E-state index is 12.3. The predicted octanol–water partition coefficient (Wildman–Crippen LogP) is 1.56. The lowest BCUT2D eigenvalue weighted by atomic mass is 10.1. The van der Waals surface area contributed by atoms with E-state index in [2.05, 4.69) is 10.6 Å². The molecular weight excluding hydrogens is 362 g/mol. The van der Waals surface area contributed by atoms with E-state index < -0.39 is 0 Å². The first kappa shape index (κ1) is 19.8. The topological polar surface area (TPSA) is 93.0 Å². The Morgan fingerprint density at radius 2 is 2.14 bits per heavy atom. The summed E-state index contributed by atoms with van der Waals surface area (Å²) in [7, 11) is 3.49. The Kier molecular flexibility index (Phi) is 6.54. The van der Waals surface area contributed by atoms with Crippen molar-refractivity contribution < 1.29 is 23.5 Å². The molecule has 0 fully saturated rings. The zero-order chi connectivity index (χ0) is 19.9. The second kappa shape index (κ2) is 9.27. The Balaban J connectivity index is 1.60. The second-order valence-electron chi connectivity index (χ2n) is 6.62. The van der Waals surface area contributed by atoms with E-state index in [-0.39, 0.29) is 24.3 Å². The lowest BCUT2D eigenvalue weighted by Gasteiger charge is -2.35. The number of benzene rings is 1. The number of ether oxygens (including phenoxy) is 2. The van der Waals surface area contributed by atoms with Gasteiger partial charge >= 0.3 is 0 Å². The molecule has 2 aromatic rings. The molecule has 1 aliphatic rings. The molecule has 2 heterocycles. The van der Waals surface area contributed by atoms with Crippen LogP contribution < -0.4 is 20.3 Å². The minimum atomic E-state index is -0.173. The quantitative estimate of drug-likeness (QED) is 0.668. The van der Waals surface area contributed by atoms with Crippen molar-refractivity contribution in [1.29, 1.82) is 0 Å². The van der Waals surface area contributed by atoms with Gasteiger partial charge in [-0.15, -0.1) is 0 Å². The number of hydrogen-bond donors (Lipinski definition) is 2. The van der Waals surface area contributed by atoms with Crippen molar-refractivity contribution in [2.24, 2.45) is 0 Å². The van der Waals surface area contributed by atoms with Gasteiger partial charge in [-0.1, -0.05) is 0 Å². The fourth-order valence-corrected chi connectivity index (χ4v) is 3.00. The normalized spacial score (nSPS) is 15.5. The molecule has 0 saturated carbocycles. The minimum Gasteiger partial charge on any atom is -0.489 e. The highest BCUT2D eigenvalue weighted by molar-refractivity contribution is 5.95. The van der Waals surface area contributed by atoms with Gasteiger partial charge in [-0.25, -0.2) is 0 Å². The maximum atomic E-state index is 12.3. The molecule has 0 spiro atoms. The van der Waals surface area contributed by atoms with E-state index in [4.69, 9.17) is 13.9 Å². The number of furan rings is 1. The molecule has 2 amide bonds. The smallest absolute Gasteiger partial charge is 0.251 e.